The van der Waals surface area contributed by atoms with Crippen molar-refractivity contribution in [1.82, 2.24) is 10.2 Å². The van der Waals surface area contributed by atoms with Gasteiger partial charge in [0.05, 0.1) is 0 Å². The van der Waals surface area contributed by atoms with E-state index in [1.165, 1.54) is 6.42 Å². The third-order valence-corrected chi connectivity index (χ3v) is 4.36. The molecule has 3 atom stereocenters. The lowest BCUT2D eigenvalue weighted by molar-refractivity contribution is 0.325. The number of benzene rings is 1. The Morgan fingerprint density at radius 1 is 1.39 bits per heavy atom. The molecule has 0 spiro atoms. The first-order valence-electron chi connectivity index (χ1n) is 6.38. The van der Waals surface area contributed by atoms with Crippen LogP contribution in [-0.4, -0.2) is 30.6 Å². The molecular weight excluding hydrogens is 267 g/mol. The summed E-state index contributed by atoms with van der Waals surface area (Å²) in [5.41, 5.74) is 1.11. The summed E-state index contributed by atoms with van der Waals surface area (Å²) in [4.78, 5) is 2.38. The first-order chi connectivity index (χ1) is 8.47. The molecule has 1 N–H and O–H groups in total. The van der Waals surface area contributed by atoms with Crippen LogP contribution in [-0.2, 0) is 0 Å². The summed E-state index contributed by atoms with van der Waals surface area (Å²) in [5, 5.41) is 5.07. The lowest BCUT2D eigenvalue weighted by atomic mass is 10.1. The molecule has 1 aromatic rings. The smallest absolute Gasteiger partial charge is 0.0468 e. The van der Waals surface area contributed by atoms with Gasteiger partial charge in [-0.1, -0.05) is 29.3 Å². The van der Waals surface area contributed by atoms with E-state index in [1.807, 2.05) is 12.1 Å². The van der Waals surface area contributed by atoms with Crippen LogP contribution in [0.15, 0.2) is 18.2 Å². The Morgan fingerprint density at radius 2 is 2.11 bits per heavy atom. The summed E-state index contributed by atoms with van der Waals surface area (Å²) in [6, 6.07) is 7.13. The highest BCUT2D eigenvalue weighted by Crippen LogP contribution is 2.27. The SMILES string of the molecule is CC(NC1CC(C)N(C)C1)c1ccc(Cl)cc1Cl. The number of rotatable bonds is 3. The fourth-order valence-electron chi connectivity index (χ4n) is 2.61. The van der Waals surface area contributed by atoms with Crippen LogP contribution in [0.4, 0.5) is 0 Å². The van der Waals surface area contributed by atoms with E-state index in [0.717, 1.165) is 17.1 Å². The van der Waals surface area contributed by atoms with E-state index in [9.17, 15) is 0 Å². The van der Waals surface area contributed by atoms with Gasteiger partial charge in [0.1, 0.15) is 0 Å². The summed E-state index contributed by atoms with van der Waals surface area (Å²) in [7, 11) is 2.17. The van der Waals surface area contributed by atoms with Crippen molar-refractivity contribution in [2.24, 2.45) is 0 Å². The number of likely N-dealkylation sites (N-methyl/N-ethyl adjacent to an activating group) is 1. The Kier molecular flexibility index (Phi) is 4.54. The highest BCUT2D eigenvalue weighted by Gasteiger charge is 2.27. The quantitative estimate of drug-likeness (QED) is 0.911. The van der Waals surface area contributed by atoms with Crippen LogP contribution in [0.1, 0.15) is 31.9 Å². The lowest BCUT2D eigenvalue weighted by Gasteiger charge is -2.20. The van der Waals surface area contributed by atoms with Crippen molar-refractivity contribution in [3.05, 3.63) is 33.8 Å². The van der Waals surface area contributed by atoms with Gasteiger partial charge in [-0.15, -0.1) is 0 Å². The number of halogens is 2. The van der Waals surface area contributed by atoms with E-state index in [0.29, 0.717) is 17.1 Å². The number of hydrogen-bond acceptors (Lipinski definition) is 2. The number of nitrogens with one attached hydrogen (secondary N) is 1. The summed E-state index contributed by atoms with van der Waals surface area (Å²) >= 11 is 12.2. The number of nitrogens with zero attached hydrogens (tertiary/aromatic N) is 1. The van der Waals surface area contributed by atoms with E-state index >= 15 is 0 Å². The van der Waals surface area contributed by atoms with E-state index in [2.05, 4.69) is 31.1 Å². The molecule has 4 heteroatoms. The van der Waals surface area contributed by atoms with Gasteiger partial charge in [0.25, 0.3) is 0 Å². The molecule has 1 fully saturated rings. The average molecular weight is 287 g/mol. The number of likely N-dealkylation sites (tertiary alicyclic amines) is 1. The van der Waals surface area contributed by atoms with Crippen LogP contribution in [0.3, 0.4) is 0 Å². The van der Waals surface area contributed by atoms with Crippen molar-refractivity contribution < 1.29 is 0 Å². The molecule has 1 aliphatic rings. The predicted octanol–water partition coefficient (Wildman–Crippen LogP) is 3.74. The average Bonchev–Trinajstić information content (AvgIpc) is 2.57. The Balaban J connectivity index is 2.01. The molecule has 100 valence electrons. The summed E-state index contributed by atoms with van der Waals surface area (Å²) in [5.74, 6) is 0. The lowest BCUT2D eigenvalue weighted by Crippen LogP contribution is -2.33. The van der Waals surface area contributed by atoms with Crippen molar-refractivity contribution in [3.8, 4) is 0 Å². The molecule has 0 amide bonds. The molecule has 0 aromatic heterocycles. The van der Waals surface area contributed by atoms with Crippen LogP contribution in [0, 0.1) is 0 Å². The molecule has 1 aliphatic heterocycles. The second-order valence-electron chi connectivity index (χ2n) is 5.28. The summed E-state index contributed by atoms with van der Waals surface area (Å²) in [6.45, 7) is 5.51. The second kappa shape index (κ2) is 5.79. The Bertz CT molecular complexity index is 412. The minimum Gasteiger partial charge on any atom is -0.306 e. The number of hydrogen-bond donors (Lipinski definition) is 1. The monoisotopic (exact) mass is 286 g/mol. The Labute approximate surface area is 119 Å². The molecule has 1 saturated heterocycles. The van der Waals surface area contributed by atoms with Crippen LogP contribution >= 0.6 is 23.2 Å². The third kappa shape index (κ3) is 3.18. The van der Waals surface area contributed by atoms with Crippen LogP contribution < -0.4 is 5.32 Å². The zero-order chi connectivity index (χ0) is 13.3. The fraction of sp³-hybridized carbons (Fsp3) is 0.571. The molecule has 0 bridgehead atoms. The van der Waals surface area contributed by atoms with Crippen LogP contribution in [0.5, 0.6) is 0 Å². The standard InChI is InChI=1S/C14H20Cl2N2/c1-9-6-12(8-18(9)3)17-10(2)13-5-4-11(15)7-14(13)16/h4-5,7,9-10,12,17H,6,8H2,1-3H3. The van der Waals surface area contributed by atoms with Crippen molar-refractivity contribution in [3.63, 3.8) is 0 Å². The molecule has 2 rings (SSSR count). The minimum absolute atomic E-state index is 0.249. The molecule has 3 unspecified atom stereocenters. The molecular formula is C14H20Cl2N2. The normalized spacial score (nSPS) is 26.5. The van der Waals surface area contributed by atoms with Crippen molar-refractivity contribution in [1.29, 1.82) is 0 Å². The molecule has 1 heterocycles. The van der Waals surface area contributed by atoms with Gasteiger partial charge in [-0.25, -0.2) is 0 Å². The fourth-order valence-corrected chi connectivity index (χ4v) is 3.18. The maximum atomic E-state index is 6.23. The van der Waals surface area contributed by atoms with Crippen molar-refractivity contribution in [2.75, 3.05) is 13.6 Å². The van der Waals surface area contributed by atoms with Gasteiger partial charge in [-0.05, 0) is 45.0 Å². The van der Waals surface area contributed by atoms with Gasteiger partial charge in [0.15, 0.2) is 0 Å². The van der Waals surface area contributed by atoms with E-state index < -0.39 is 0 Å². The zero-order valence-corrected chi connectivity index (χ0v) is 12.6. The van der Waals surface area contributed by atoms with Gasteiger partial charge in [0, 0.05) is 34.7 Å². The van der Waals surface area contributed by atoms with E-state index in [-0.39, 0.29) is 6.04 Å². The molecule has 2 nitrogen and oxygen atoms in total. The topological polar surface area (TPSA) is 15.3 Å². The maximum absolute atomic E-state index is 6.23. The van der Waals surface area contributed by atoms with Gasteiger partial charge in [-0.3, -0.25) is 0 Å². The molecule has 18 heavy (non-hydrogen) atoms. The van der Waals surface area contributed by atoms with E-state index in [1.54, 1.807) is 6.07 Å². The molecule has 0 radical (unpaired) electrons. The van der Waals surface area contributed by atoms with Crippen molar-refractivity contribution in [2.45, 2.75) is 38.4 Å². The largest absolute Gasteiger partial charge is 0.306 e. The third-order valence-electron chi connectivity index (χ3n) is 3.80. The summed E-state index contributed by atoms with van der Waals surface area (Å²) < 4.78 is 0. The predicted molar refractivity (Wildman–Crippen MR) is 78.5 cm³/mol. The van der Waals surface area contributed by atoms with Gasteiger partial charge in [-0.2, -0.15) is 0 Å². The highest BCUT2D eigenvalue weighted by molar-refractivity contribution is 6.35. The zero-order valence-electron chi connectivity index (χ0n) is 11.1. The minimum atomic E-state index is 0.249. The second-order valence-corrected chi connectivity index (χ2v) is 6.12. The van der Waals surface area contributed by atoms with Crippen LogP contribution in [0.25, 0.3) is 0 Å². The van der Waals surface area contributed by atoms with Gasteiger partial charge in [0.2, 0.25) is 0 Å². The summed E-state index contributed by atoms with van der Waals surface area (Å²) in [6.07, 6.45) is 1.19. The van der Waals surface area contributed by atoms with Crippen molar-refractivity contribution >= 4 is 23.2 Å². The first-order valence-corrected chi connectivity index (χ1v) is 7.14. The molecule has 0 saturated carbocycles. The van der Waals surface area contributed by atoms with E-state index in [4.69, 9.17) is 23.2 Å². The Morgan fingerprint density at radius 3 is 2.67 bits per heavy atom. The van der Waals surface area contributed by atoms with Gasteiger partial charge < -0.3 is 10.2 Å². The maximum Gasteiger partial charge on any atom is 0.0468 e. The highest BCUT2D eigenvalue weighted by atomic mass is 35.5. The first kappa shape index (κ1) is 14.1. The van der Waals surface area contributed by atoms with Crippen LogP contribution in [0.2, 0.25) is 10.0 Å². The Hall–Kier alpha value is -0.280. The van der Waals surface area contributed by atoms with Gasteiger partial charge >= 0.3 is 0 Å². The molecule has 0 aliphatic carbocycles. The molecule has 1 aromatic carbocycles.